The van der Waals surface area contributed by atoms with E-state index in [-0.39, 0.29) is 17.7 Å². The quantitative estimate of drug-likeness (QED) is 0.900. The number of amides is 2. The summed E-state index contributed by atoms with van der Waals surface area (Å²) in [5.41, 5.74) is 1.12. The largest absolute Gasteiger partial charge is 0.417 e. The average Bonchev–Trinajstić information content (AvgIpc) is 2.88. The van der Waals surface area contributed by atoms with Gasteiger partial charge in [-0.05, 0) is 18.2 Å². The molecule has 2 aromatic rings. The molecule has 0 aliphatic carbocycles. The van der Waals surface area contributed by atoms with E-state index in [1.165, 1.54) is 6.92 Å². The molecule has 1 aromatic carbocycles. The van der Waals surface area contributed by atoms with E-state index in [0.717, 1.165) is 0 Å². The van der Waals surface area contributed by atoms with Crippen molar-refractivity contribution >= 4 is 23.2 Å². The fraction of sp³-hybridized carbons (Fsp3) is 0.286. The Morgan fingerprint density at radius 3 is 2.38 bits per heavy atom. The molecule has 0 fully saturated rings. The predicted octanol–water partition coefficient (Wildman–Crippen LogP) is 2.40. The molecule has 1 aromatic heterocycles. The number of carbonyl (C=O) groups is 2. The molecule has 0 saturated carbocycles. The number of anilines is 2. The fourth-order valence-corrected chi connectivity index (χ4v) is 1.62. The summed E-state index contributed by atoms with van der Waals surface area (Å²) in [6, 6.07) is 6.77. The van der Waals surface area contributed by atoms with Crippen molar-refractivity contribution in [3.05, 3.63) is 36.0 Å². The van der Waals surface area contributed by atoms with E-state index in [4.69, 9.17) is 4.42 Å². The number of carbonyl (C=O) groups excluding carboxylic acids is 2. The number of benzene rings is 1. The standard InChI is InChI=1S/C14H16N4O3/c1-8(2)13-17-18-14(21-13)12(20)16-11-6-4-5-10(7-11)15-9(3)19/h4-8H,1-3H3,(H,15,19)(H,16,20). The third kappa shape index (κ3) is 3.88. The summed E-state index contributed by atoms with van der Waals surface area (Å²) in [6.07, 6.45) is 0. The molecule has 2 amide bonds. The van der Waals surface area contributed by atoms with Gasteiger partial charge in [0, 0.05) is 24.2 Å². The normalized spacial score (nSPS) is 10.5. The van der Waals surface area contributed by atoms with Crippen LogP contribution in [0.15, 0.2) is 28.7 Å². The van der Waals surface area contributed by atoms with Gasteiger partial charge in [0.25, 0.3) is 0 Å². The van der Waals surface area contributed by atoms with Crippen LogP contribution < -0.4 is 10.6 Å². The van der Waals surface area contributed by atoms with Crippen LogP contribution in [-0.4, -0.2) is 22.0 Å². The van der Waals surface area contributed by atoms with E-state index in [1.54, 1.807) is 24.3 Å². The molecule has 21 heavy (non-hydrogen) atoms. The number of hydrogen-bond acceptors (Lipinski definition) is 5. The van der Waals surface area contributed by atoms with Crippen molar-refractivity contribution in [2.24, 2.45) is 0 Å². The van der Waals surface area contributed by atoms with E-state index >= 15 is 0 Å². The molecule has 2 rings (SSSR count). The SMILES string of the molecule is CC(=O)Nc1cccc(NC(=O)c2nnc(C(C)C)o2)c1. The summed E-state index contributed by atoms with van der Waals surface area (Å²) in [6.45, 7) is 5.20. The second-order valence-corrected chi connectivity index (χ2v) is 4.82. The third-order valence-electron chi connectivity index (χ3n) is 2.57. The van der Waals surface area contributed by atoms with Gasteiger partial charge in [-0.2, -0.15) is 0 Å². The first kappa shape index (κ1) is 14.7. The molecular formula is C14H16N4O3. The molecule has 0 atom stereocenters. The van der Waals surface area contributed by atoms with Gasteiger partial charge >= 0.3 is 11.8 Å². The Kier molecular flexibility index (Phi) is 4.32. The lowest BCUT2D eigenvalue weighted by atomic mass is 10.2. The molecule has 0 saturated heterocycles. The molecule has 0 bridgehead atoms. The molecule has 0 spiro atoms. The van der Waals surface area contributed by atoms with Gasteiger partial charge in [-0.3, -0.25) is 9.59 Å². The number of rotatable bonds is 4. The summed E-state index contributed by atoms with van der Waals surface area (Å²) in [5, 5.41) is 12.8. The van der Waals surface area contributed by atoms with Gasteiger partial charge in [0.05, 0.1) is 0 Å². The second-order valence-electron chi connectivity index (χ2n) is 4.82. The van der Waals surface area contributed by atoms with Crippen molar-refractivity contribution in [3.63, 3.8) is 0 Å². The van der Waals surface area contributed by atoms with Crippen LogP contribution in [0.2, 0.25) is 0 Å². The molecule has 0 radical (unpaired) electrons. The van der Waals surface area contributed by atoms with Crippen LogP contribution in [0.25, 0.3) is 0 Å². The van der Waals surface area contributed by atoms with Crippen LogP contribution in [0, 0.1) is 0 Å². The van der Waals surface area contributed by atoms with Crippen molar-refractivity contribution in [3.8, 4) is 0 Å². The van der Waals surface area contributed by atoms with Crippen LogP contribution in [0.5, 0.6) is 0 Å². The van der Waals surface area contributed by atoms with Crippen molar-refractivity contribution in [1.29, 1.82) is 0 Å². The van der Waals surface area contributed by atoms with Crippen LogP contribution in [0.1, 0.15) is 43.3 Å². The highest BCUT2D eigenvalue weighted by Crippen LogP contribution is 2.17. The first-order chi connectivity index (χ1) is 9.95. The Morgan fingerprint density at radius 1 is 1.14 bits per heavy atom. The Labute approximate surface area is 121 Å². The minimum absolute atomic E-state index is 0.0575. The van der Waals surface area contributed by atoms with Crippen molar-refractivity contribution in [2.45, 2.75) is 26.7 Å². The Balaban J connectivity index is 2.09. The van der Waals surface area contributed by atoms with Gasteiger partial charge in [-0.15, -0.1) is 10.2 Å². The Hall–Kier alpha value is -2.70. The lowest BCUT2D eigenvalue weighted by molar-refractivity contribution is -0.114. The van der Waals surface area contributed by atoms with Crippen LogP contribution in [0.3, 0.4) is 0 Å². The van der Waals surface area contributed by atoms with Gasteiger partial charge < -0.3 is 15.1 Å². The fourth-order valence-electron chi connectivity index (χ4n) is 1.62. The molecule has 0 unspecified atom stereocenters. The number of hydrogen-bond donors (Lipinski definition) is 2. The van der Waals surface area contributed by atoms with E-state index in [1.807, 2.05) is 13.8 Å². The lowest BCUT2D eigenvalue weighted by Gasteiger charge is -2.06. The van der Waals surface area contributed by atoms with Crippen LogP contribution in [0.4, 0.5) is 11.4 Å². The topological polar surface area (TPSA) is 97.1 Å². The van der Waals surface area contributed by atoms with Crippen LogP contribution >= 0.6 is 0 Å². The molecule has 0 aliphatic rings. The maximum absolute atomic E-state index is 12.0. The molecular weight excluding hydrogens is 272 g/mol. The van der Waals surface area contributed by atoms with Gasteiger partial charge in [-0.25, -0.2) is 0 Å². The van der Waals surface area contributed by atoms with E-state index < -0.39 is 5.91 Å². The maximum atomic E-state index is 12.0. The number of aromatic nitrogens is 2. The molecule has 110 valence electrons. The Morgan fingerprint density at radius 2 is 1.81 bits per heavy atom. The lowest BCUT2D eigenvalue weighted by Crippen LogP contribution is -2.13. The molecule has 2 N–H and O–H groups in total. The zero-order valence-electron chi connectivity index (χ0n) is 12.0. The summed E-state index contributed by atoms with van der Waals surface area (Å²) in [5.74, 6) is -0.302. The van der Waals surface area contributed by atoms with E-state index in [9.17, 15) is 9.59 Å². The summed E-state index contributed by atoms with van der Waals surface area (Å²) >= 11 is 0. The highest BCUT2D eigenvalue weighted by atomic mass is 16.4. The highest BCUT2D eigenvalue weighted by Gasteiger charge is 2.16. The van der Waals surface area contributed by atoms with Crippen molar-refractivity contribution in [2.75, 3.05) is 10.6 Å². The summed E-state index contributed by atoms with van der Waals surface area (Å²) < 4.78 is 5.27. The first-order valence-electron chi connectivity index (χ1n) is 6.48. The summed E-state index contributed by atoms with van der Waals surface area (Å²) in [7, 11) is 0. The summed E-state index contributed by atoms with van der Waals surface area (Å²) in [4.78, 5) is 23.0. The smallest absolute Gasteiger partial charge is 0.313 e. The molecule has 7 heteroatoms. The zero-order valence-corrected chi connectivity index (χ0v) is 12.0. The van der Waals surface area contributed by atoms with Gasteiger partial charge in [0.1, 0.15) is 0 Å². The van der Waals surface area contributed by atoms with Gasteiger partial charge in [-0.1, -0.05) is 19.9 Å². The average molecular weight is 288 g/mol. The minimum atomic E-state index is -0.491. The number of nitrogens with one attached hydrogen (secondary N) is 2. The third-order valence-corrected chi connectivity index (χ3v) is 2.57. The van der Waals surface area contributed by atoms with Crippen molar-refractivity contribution < 1.29 is 14.0 Å². The first-order valence-corrected chi connectivity index (χ1v) is 6.48. The molecule has 7 nitrogen and oxygen atoms in total. The molecule has 0 aliphatic heterocycles. The predicted molar refractivity (Wildman–Crippen MR) is 77.1 cm³/mol. The second kappa shape index (κ2) is 6.17. The van der Waals surface area contributed by atoms with Crippen molar-refractivity contribution in [1.82, 2.24) is 10.2 Å². The highest BCUT2D eigenvalue weighted by molar-refractivity contribution is 6.01. The van der Waals surface area contributed by atoms with Crippen LogP contribution in [-0.2, 0) is 4.79 Å². The Bertz CT molecular complexity index is 664. The monoisotopic (exact) mass is 288 g/mol. The van der Waals surface area contributed by atoms with Gasteiger partial charge in [0.2, 0.25) is 11.8 Å². The molecule has 1 heterocycles. The number of nitrogens with zero attached hydrogens (tertiary/aromatic N) is 2. The minimum Gasteiger partial charge on any atom is -0.417 e. The maximum Gasteiger partial charge on any atom is 0.313 e. The van der Waals surface area contributed by atoms with Gasteiger partial charge in [0.15, 0.2) is 0 Å². The van der Waals surface area contributed by atoms with E-state index in [2.05, 4.69) is 20.8 Å². The zero-order chi connectivity index (χ0) is 15.4. The van der Waals surface area contributed by atoms with E-state index in [0.29, 0.717) is 17.3 Å².